The van der Waals surface area contributed by atoms with Crippen molar-refractivity contribution in [3.8, 4) is 0 Å². The highest BCUT2D eigenvalue weighted by Crippen LogP contribution is 2.39. The SMILES string of the molecule is CC(Nc1ncnc2nc[nH]c12)c1cc(Cl)c2cccnc2c1N1CCN(C(=O)c2ccccc2F)CC1. The number of H-pyrrole nitrogens is 1. The first kappa shape index (κ1) is 24.1. The predicted octanol–water partition coefficient (Wildman–Crippen LogP) is 4.83. The Bertz CT molecular complexity index is 1650. The van der Waals surface area contributed by atoms with Crippen molar-refractivity contribution in [1.82, 2.24) is 29.8 Å². The van der Waals surface area contributed by atoms with Crippen LogP contribution in [0.3, 0.4) is 0 Å². The molecule has 4 heterocycles. The molecule has 38 heavy (non-hydrogen) atoms. The number of carbonyl (C=O) groups excluding carboxylic acids is 1. The molecule has 11 heteroatoms. The molecule has 192 valence electrons. The number of nitrogens with one attached hydrogen (secondary N) is 2. The molecule has 0 bridgehead atoms. The van der Waals surface area contributed by atoms with E-state index >= 15 is 0 Å². The Hall–Kier alpha value is -4.31. The van der Waals surface area contributed by atoms with Crippen LogP contribution in [0.5, 0.6) is 0 Å². The molecule has 5 aromatic rings. The monoisotopic (exact) mass is 530 g/mol. The average Bonchev–Trinajstić information content (AvgIpc) is 3.43. The Morgan fingerprint density at radius 2 is 1.89 bits per heavy atom. The fourth-order valence-corrected chi connectivity index (χ4v) is 5.23. The van der Waals surface area contributed by atoms with Gasteiger partial charge in [-0.15, -0.1) is 0 Å². The lowest BCUT2D eigenvalue weighted by Gasteiger charge is -2.38. The van der Waals surface area contributed by atoms with Gasteiger partial charge in [0.2, 0.25) is 0 Å². The number of aromatic amines is 1. The number of carbonyl (C=O) groups is 1. The lowest BCUT2D eigenvalue weighted by molar-refractivity contribution is 0.0742. The van der Waals surface area contributed by atoms with E-state index in [9.17, 15) is 9.18 Å². The maximum Gasteiger partial charge on any atom is 0.256 e. The van der Waals surface area contributed by atoms with Crippen molar-refractivity contribution in [3.05, 3.63) is 83.3 Å². The summed E-state index contributed by atoms with van der Waals surface area (Å²) in [5.74, 6) is -0.181. The van der Waals surface area contributed by atoms with Gasteiger partial charge in [-0.2, -0.15) is 0 Å². The molecule has 1 aliphatic heterocycles. The Labute approximate surface area is 222 Å². The molecule has 9 nitrogen and oxygen atoms in total. The van der Waals surface area contributed by atoms with Crippen molar-refractivity contribution in [1.29, 1.82) is 0 Å². The van der Waals surface area contributed by atoms with E-state index in [1.54, 1.807) is 29.6 Å². The normalized spacial score (nSPS) is 14.7. The van der Waals surface area contributed by atoms with Crippen LogP contribution in [-0.2, 0) is 0 Å². The molecule has 0 aliphatic carbocycles. The molecule has 0 saturated carbocycles. The maximum atomic E-state index is 14.2. The van der Waals surface area contributed by atoms with Crippen LogP contribution in [0, 0.1) is 5.82 Å². The topological polar surface area (TPSA) is 103 Å². The minimum atomic E-state index is -0.508. The Morgan fingerprint density at radius 3 is 2.71 bits per heavy atom. The molecule has 2 N–H and O–H groups in total. The van der Waals surface area contributed by atoms with Crippen LogP contribution in [0.1, 0.15) is 28.9 Å². The van der Waals surface area contributed by atoms with Gasteiger partial charge in [-0.3, -0.25) is 9.78 Å². The van der Waals surface area contributed by atoms with E-state index in [0.29, 0.717) is 48.2 Å². The number of benzene rings is 2. The summed E-state index contributed by atoms with van der Waals surface area (Å²) in [6.45, 7) is 4.06. The standard InChI is InChI=1S/C27H24ClFN8O/c1-16(35-26-23-25(32-14-31-23)33-15-34-26)19-13-20(28)17-6-4-8-30-22(17)24(19)36-9-11-37(12-10-36)27(38)18-5-2-3-7-21(18)29/h2-8,13-16H,9-12H2,1H3,(H2,31,32,33,34,35). The van der Waals surface area contributed by atoms with Crippen LogP contribution >= 0.6 is 11.6 Å². The Kier molecular flexibility index (Phi) is 6.24. The molecular weight excluding hydrogens is 507 g/mol. The summed E-state index contributed by atoms with van der Waals surface area (Å²) in [5, 5.41) is 4.92. The number of nitrogens with zero attached hydrogens (tertiary/aromatic N) is 6. The first-order valence-corrected chi connectivity index (χ1v) is 12.7. The van der Waals surface area contributed by atoms with Gasteiger partial charge in [0.15, 0.2) is 11.5 Å². The molecule has 1 atom stereocenters. The third kappa shape index (κ3) is 4.26. The molecular formula is C27H24ClFN8O. The summed E-state index contributed by atoms with van der Waals surface area (Å²) in [6.07, 6.45) is 4.81. The molecule has 1 aliphatic rings. The largest absolute Gasteiger partial charge is 0.366 e. The first-order chi connectivity index (χ1) is 18.5. The molecule has 1 unspecified atom stereocenters. The number of hydrogen-bond acceptors (Lipinski definition) is 7. The van der Waals surface area contributed by atoms with Gasteiger partial charge in [-0.1, -0.05) is 23.7 Å². The second-order valence-corrected chi connectivity index (χ2v) is 9.55. The molecule has 1 amide bonds. The van der Waals surface area contributed by atoms with Crippen molar-refractivity contribution < 1.29 is 9.18 Å². The maximum absolute atomic E-state index is 14.2. The molecule has 0 radical (unpaired) electrons. The van der Waals surface area contributed by atoms with Gasteiger partial charge in [-0.05, 0) is 37.3 Å². The number of imidazole rings is 1. The van der Waals surface area contributed by atoms with Gasteiger partial charge in [0.05, 0.1) is 34.2 Å². The van der Waals surface area contributed by atoms with E-state index in [1.807, 2.05) is 25.1 Å². The first-order valence-electron chi connectivity index (χ1n) is 12.3. The highest BCUT2D eigenvalue weighted by atomic mass is 35.5. The number of amides is 1. The van der Waals surface area contributed by atoms with Crippen LogP contribution in [0.2, 0.25) is 5.02 Å². The lowest BCUT2D eigenvalue weighted by atomic mass is 10.0. The molecule has 1 saturated heterocycles. The van der Waals surface area contributed by atoms with Crippen molar-refractivity contribution in [2.75, 3.05) is 36.4 Å². The van der Waals surface area contributed by atoms with E-state index in [4.69, 9.17) is 16.6 Å². The minimum Gasteiger partial charge on any atom is -0.366 e. The summed E-state index contributed by atoms with van der Waals surface area (Å²) in [6, 6.07) is 11.7. The van der Waals surface area contributed by atoms with Gasteiger partial charge in [0, 0.05) is 43.3 Å². The number of hydrogen-bond donors (Lipinski definition) is 2. The summed E-state index contributed by atoms with van der Waals surface area (Å²) < 4.78 is 14.2. The van der Waals surface area contributed by atoms with Crippen molar-refractivity contribution in [3.63, 3.8) is 0 Å². The van der Waals surface area contributed by atoms with E-state index in [0.717, 1.165) is 22.2 Å². The van der Waals surface area contributed by atoms with E-state index in [1.165, 1.54) is 18.5 Å². The quantitative estimate of drug-likeness (QED) is 0.335. The van der Waals surface area contributed by atoms with Gasteiger partial charge >= 0.3 is 0 Å². The second-order valence-electron chi connectivity index (χ2n) is 9.14. The molecule has 1 fully saturated rings. The number of anilines is 2. The van der Waals surface area contributed by atoms with E-state index in [2.05, 4.69) is 30.2 Å². The molecule has 6 rings (SSSR count). The van der Waals surface area contributed by atoms with Crippen molar-refractivity contribution in [2.24, 2.45) is 0 Å². The number of halogens is 2. The van der Waals surface area contributed by atoms with Gasteiger partial charge < -0.3 is 20.1 Å². The average molecular weight is 531 g/mol. The highest BCUT2D eigenvalue weighted by Gasteiger charge is 2.28. The zero-order valence-corrected chi connectivity index (χ0v) is 21.3. The molecule has 2 aromatic carbocycles. The summed E-state index contributed by atoms with van der Waals surface area (Å²) >= 11 is 6.73. The predicted molar refractivity (Wildman–Crippen MR) is 145 cm³/mol. The molecule has 3 aromatic heterocycles. The van der Waals surface area contributed by atoms with E-state index in [-0.39, 0.29) is 17.5 Å². The number of piperazine rings is 1. The van der Waals surface area contributed by atoms with Crippen molar-refractivity contribution in [2.45, 2.75) is 13.0 Å². The van der Waals surface area contributed by atoms with Crippen LogP contribution in [-0.4, -0.2) is 61.9 Å². The molecule has 0 spiro atoms. The summed E-state index contributed by atoms with van der Waals surface area (Å²) in [4.78, 5) is 37.5. The van der Waals surface area contributed by atoms with Gasteiger partial charge in [-0.25, -0.2) is 19.3 Å². The number of aromatic nitrogens is 5. The van der Waals surface area contributed by atoms with Crippen molar-refractivity contribution >= 4 is 51.1 Å². The summed E-state index contributed by atoms with van der Waals surface area (Å²) in [7, 11) is 0. The fraction of sp³-hybridized carbons (Fsp3) is 0.222. The van der Waals surface area contributed by atoms with Gasteiger partial charge in [0.1, 0.15) is 17.7 Å². The third-order valence-corrected chi connectivity index (χ3v) is 7.19. The number of rotatable bonds is 5. The van der Waals surface area contributed by atoms with Crippen LogP contribution in [0.15, 0.2) is 61.3 Å². The highest BCUT2D eigenvalue weighted by molar-refractivity contribution is 6.36. The third-order valence-electron chi connectivity index (χ3n) is 6.88. The Balaban J connectivity index is 1.33. The summed E-state index contributed by atoms with van der Waals surface area (Å²) in [5.41, 5.74) is 4.05. The number of fused-ring (bicyclic) bond motifs is 2. The van der Waals surface area contributed by atoms with Crippen LogP contribution < -0.4 is 10.2 Å². The van der Waals surface area contributed by atoms with E-state index < -0.39 is 5.82 Å². The van der Waals surface area contributed by atoms with Crippen LogP contribution in [0.4, 0.5) is 15.9 Å². The van der Waals surface area contributed by atoms with Gasteiger partial charge in [0.25, 0.3) is 5.91 Å². The Morgan fingerprint density at radius 1 is 1.08 bits per heavy atom. The zero-order chi connectivity index (χ0) is 26.2. The smallest absolute Gasteiger partial charge is 0.256 e. The zero-order valence-electron chi connectivity index (χ0n) is 20.5. The minimum absolute atomic E-state index is 0.0908. The van der Waals surface area contributed by atoms with Crippen LogP contribution in [0.25, 0.3) is 22.1 Å². The fourth-order valence-electron chi connectivity index (χ4n) is 4.96. The number of pyridine rings is 1. The lowest BCUT2D eigenvalue weighted by Crippen LogP contribution is -2.49. The second kappa shape index (κ2) is 9.86.